The van der Waals surface area contributed by atoms with Crippen molar-refractivity contribution in [2.45, 2.75) is 6.61 Å². The highest BCUT2D eigenvalue weighted by Crippen LogP contribution is 2.31. The van der Waals surface area contributed by atoms with Crippen LogP contribution in [0, 0.1) is 0 Å². The van der Waals surface area contributed by atoms with Crippen molar-refractivity contribution >= 4 is 22.2 Å². The summed E-state index contributed by atoms with van der Waals surface area (Å²) in [5.41, 5.74) is 3.20. The van der Waals surface area contributed by atoms with E-state index in [0.717, 1.165) is 21.7 Å². The Kier molecular flexibility index (Phi) is 2.27. The fraction of sp³-hybridized carbons (Fsp3) is 0.0769. The number of H-pyrrole nitrogens is 1. The second-order valence-electron chi connectivity index (χ2n) is 3.70. The van der Waals surface area contributed by atoms with Crippen LogP contribution in [0.1, 0.15) is 5.56 Å². The number of aromatic amines is 1. The van der Waals surface area contributed by atoms with E-state index < -0.39 is 0 Å². The summed E-state index contributed by atoms with van der Waals surface area (Å²) in [6, 6.07) is 12.3. The molecule has 0 fully saturated rings. The summed E-state index contributed by atoms with van der Waals surface area (Å²) < 4.78 is 0. The first-order chi connectivity index (χ1) is 7.88. The smallest absolute Gasteiger partial charge is 0.0696 e. The van der Waals surface area contributed by atoms with Crippen LogP contribution in [0.15, 0.2) is 41.8 Å². The second-order valence-corrected chi connectivity index (χ2v) is 4.62. The van der Waals surface area contributed by atoms with Crippen molar-refractivity contribution in [1.29, 1.82) is 0 Å². The fourth-order valence-electron chi connectivity index (χ4n) is 1.89. The van der Waals surface area contributed by atoms with Gasteiger partial charge in [0.05, 0.1) is 17.2 Å². The van der Waals surface area contributed by atoms with Crippen molar-refractivity contribution in [1.82, 2.24) is 4.98 Å². The van der Waals surface area contributed by atoms with Crippen molar-refractivity contribution in [3.63, 3.8) is 0 Å². The van der Waals surface area contributed by atoms with E-state index in [9.17, 15) is 5.11 Å². The third-order valence-corrected chi connectivity index (χ3v) is 3.68. The normalized spacial score (nSPS) is 11.1. The molecule has 1 aromatic carbocycles. The average molecular weight is 229 g/mol. The van der Waals surface area contributed by atoms with Crippen molar-refractivity contribution in [3.05, 3.63) is 47.3 Å². The Morgan fingerprint density at radius 2 is 2.06 bits per heavy atom. The molecule has 3 rings (SSSR count). The minimum atomic E-state index is 0.0915. The van der Waals surface area contributed by atoms with Gasteiger partial charge in [0.15, 0.2) is 0 Å². The summed E-state index contributed by atoms with van der Waals surface area (Å²) >= 11 is 1.65. The van der Waals surface area contributed by atoms with Gasteiger partial charge in [-0.25, -0.2) is 0 Å². The highest BCUT2D eigenvalue weighted by Gasteiger charge is 2.08. The van der Waals surface area contributed by atoms with Crippen LogP contribution in [-0.2, 0) is 6.61 Å². The Bertz CT molecular complexity index is 590. The van der Waals surface area contributed by atoms with Gasteiger partial charge in [-0.1, -0.05) is 18.2 Å². The number of aliphatic hydroxyl groups is 1. The summed E-state index contributed by atoms with van der Waals surface area (Å²) in [6.07, 6.45) is 0. The van der Waals surface area contributed by atoms with Gasteiger partial charge in [-0.05, 0) is 29.1 Å². The Hall–Kier alpha value is -1.58. The average Bonchev–Trinajstić information content (AvgIpc) is 2.94. The van der Waals surface area contributed by atoms with E-state index in [1.807, 2.05) is 23.6 Å². The maximum atomic E-state index is 9.24. The molecule has 0 spiro atoms. The number of rotatable bonds is 2. The molecule has 0 aliphatic carbocycles. The molecule has 80 valence electrons. The number of hydrogen-bond acceptors (Lipinski definition) is 2. The van der Waals surface area contributed by atoms with Crippen molar-refractivity contribution in [2.24, 2.45) is 0 Å². The lowest BCUT2D eigenvalue weighted by Crippen LogP contribution is -1.82. The Morgan fingerprint density at radius 3 is 2.88 bits per heavy atom. The van der Waals surface area contributed by atoms with E-state index in [2.05, 4.69) is 23.2 Å². The van der Waals surface area contributed by atoms with Gasteiger partial charge in [-0.3, -0.25) is 0 Å². The number of fused-ring (bicyclic) bond motifs is 1. The molecular weight excluding hydrogens is 218 g/mol. The highest BCUT2D eigenvalue weighted by molar-refractivity contribution is 7.13. The third kappa shape index (κ3) is 1.45. The van der Waals surface area contributed by atoms with Crippen LogP contribution in [0.4, 0.5) is 0 Å². The van der Waals surface area contributed by atoms with E-state index >= 15 is 0 Å². The molecule has 16 heavy (non-hydrogen) atoms. The lowest BCUT2D eigenvalue weighted by molar-refractivity contribution is 0.283. The molecular formula is C13H11NOS. The predicted octanol–water partition coefficient (Wildman–Crippen LogP) is 3.39. The molecule has 0 atom stereocenters. The van der Waals surface area contributed by atoms with E-state index in [1.54, 1.807) is 11.3 Å². The number of aliphatic hydroxyl groups excluding tert-OH is 1. The largest absolute Gasteiger partial charge is 0.392 e. The number of benzene rings is 1. The van der Waals surface area contributed by atoms with E-state index in [0.29, 0.717) is 0 Å². The number of aromatic nitrogens is 1. The van der Waals surface area contributed by atoms with Gasteiger partial charge in [-0.15, -0.1) is 11.3 Å². The molecule has 2 N–H and O–H groups in total. The summed E-state index contributed by atoms with van der Waals surface area (Å²) in [5, 5.41) is 12.4. The molecule has 0 unspecified atom stereocenters. The van der Waals surface area contributed by atoms with Crippen LogP contribution in [-0.4, -0.2) is 10.1 Å². The molecule has 2 nitrogen and oxygen atoms in total. The summed E-state index contributed by atoms with van der Waals surface area (Å²) in [7, 11) is 0. The SMILES string of the molecule is OCc1ccsc1-c1cc2ccccc2[nH]1. The molecule has 0 radical (unpaired) electrons. The predicted molar refractivity (Wildman–Crippen MR) is 67.5 cm³/mol. The standard InChI is InChI=1S/C13H11NOS/c15-8-10-5-6-16-13(10)12-7-9-3-1-2-4-11(9)14-12/h1-7,14-15H,8H2. The topological polar surface area (TPSA) is 36.0 Å². The minimum absolute atomic E-state index is 0.0915. The number of hydrogen-bond donors (Lipinski definition) is 2. The first kappa shape index (κ1) is 9.63. The third-order valence-electron chi connectivity index (χ3n) is 2.69. The molecule has 3 aromatic rings. The Balaban J connectivity index is 2.19. The highest BCUT2D eigenvalue weighted by atomic mass is 32.1. The molecule has 0 aliphatic heterocycles. The number of nitrogens with one attached hydrogen (secondary N) is 1. The van der Waals surface area contributed by atoms with Gasteiger partial charge in [0.2, 0.25) is 0 Å². The van der Waals surface area contributed by atoms with Crippen LogP contribution < -0.4 is 0 Å². The fourth-order valence-corrected chi connectivity index (χ4v) is 2.78. The van der Waals surface area contributed by atoms with E-state index in [4.69, 9.17) is 0 Å². The van der Waals surface area contributed by atoms with E-state index in [-0.39, 0.29) is 6.61 Å². The van der Waals surface area contributed by atoms with Crippen LogP contribution in [0.2, 0.25) is 0 Å². The van der Waals surface area contributed by atoms with Crippen LogP contribution in [0.25, 0.3) is 21.5 Å². The molecule has 2 aromatic heterocycles. The van der Waals surface area contributed by atoms with Gasteiger partial charge < -0.3 is 10.1 Å². The molecule has 2 heterocycles. The zero-order valence-electron chi connectivity index (χ0n) is 8.60. The van der Waals surface area contributed by atoms with Crippen molar-refractivity contribution < 1.29 is 5.11 Å². The van der Waals surface area contributed by atoms with Crippen LogP contribution >= 0.6 is 11.3 Å². The maximum absolute atomic E-state index is 9.24. The minimum Gasteiger partial charge on any atom is -0.392 e. The van der Waals surface area contributed by atoms with Crippen molar-refractivity contribution in [3.8, 4) is 10.6 Å². The van der Waals surface area contributed by atoms with Crippen molar-refractivity contribution in [2.75, 3.05) is 0 Å². The number of thiophene rings is 1. The van der Waals surface area contributed by atoms with Crippen LogP contribution in [0.5, 0.6) is 0 Å². The monoisotopic (exact) mass is 229 g/mol. The van der Waals surface area contributed by atoms with E-state index in [1.165, 1.54) is 5.39 Å². The molecule has 0 aliphatic rings. The lowest BCUT2D eigenvalue weighted by Gasteiger charge is -1.96. The molecule has 0 saturated heterocycles. The van der Waals surface area contributed by atoms with Gasteiger partial charge in [0.25, 0.3) is 0 Å². The zero-order chi connectivity index (χ0) is 11.0. The van der Waals surface area contributed by atoms with Gasteiger partial charge in [-0.2, -0.15) is 0 Å². The summed E-state index contributed by atoms with van der Waals surface area (Å²) in [4.78, 5) is 4.50. The quantitative estimate of drug-likeness (QED) is 0.694. The second kappa shape index (κ2) is 3.77. The van der Waals surface area contributed by atoms with Gasteiger partial charge in [0, 0.05) is 10.9 Å². The summed E-state index contributed by atoms with van der Waals surface area (Å²) in [5.74, 6) is 0. The number of para-hydroxylation sites is 1. The molecule has 0 saturated carbocycles. The van der Waals surface area contributed by atoms with Gasteiger partial charge in [0.1, 0.15) is 0 Å². The van der Waals surface area contributed by atoms with Gasteiger partial charge >= 0.3 is 0 Å². The van der Waals surface area contributed by atoms with Crippen LogP contribution in [0.3, 0.4) is 0 Å². The summed E-state index contributed by atoms with van der Waals surface area (Å²) in [6.45, 7) is 0.0915. The lowest BCUT2D eigenvalue weighted by atomic mass is 10.2. The Labute approximate surface area is 97.2 Å². The first-order valence-electron chi connectivity index (χ1n) is 5.14. The first-order valence-corrected chi connectivity index (χ1v) is 6.02. The molecule has 3 heteroatoms. The molecule has 0 amide bonds. The zero-order valence-corrected chi connectivity index (χ0v) is 9.42. The molecule has 0 bridgehead atoms. The maximum Gasteiger partial charge on any atom is 0.0696 e. The Morgan fingerprint density at radius 1 is 1.19 bits per heavy atom.